The summed E-state index contributed by atoms with van der Waals surface area (Å²) in [6.07, 6.45) is 0.960. The molecule has 0 radical (unpaired) electrons. The van der Waals surface area contributed by atoms with Gasteiger partial charge in [0.2, 0.25) is 0 Å². The van der Waals surface area contributed by atoms with Crippen molar-refractivity contribution in [3.8, 4) is 0 Å². The molecule has 0 bridgehead atoms. The Kier molecular flexibility index (Phi) is 6.08. The average Bonchev–Trinajstić information content (AvgIpc) is 3.14. The van der Waals surface area contributed by atoms with Crippen LogP contribution in [0, 0.1) is 6.92 Å². The molecule has 0 saturated heterocycles. The summed E-state index contributed by atoms with van der Waals surface area (Å²) < 4.78 is 6.49. The minimum absolute atomic E-state index is 0.233. The fourth-order valence-electron chi connectivity index (χ4n) is 3.06. The van der Waals surface area contributed by atoms with Crippen molar-refractivity contribution in [3.63, 3.8) is 0 Å². The van der Waals surface area contributed by atoms with E-state index in [9.17, 15) is 9.59 Å². The van der Waals surface area contributed by atoms with Gasteiger partial charge in [0.05, 0.1) is 5.69 Å². The van der Waals surface area contributed by atoms with Crippen molar-refractivity contribution in [2.75, 3.05) is 10.6 Å². The van der Waals surface area contributed by atoms with Gasteiger partial charge >= 0.3 is 6.03 Å². The molecule has 4 rings (SSSR count). The standard InChI is InChI=1S/C23H22N4O3S/c1-3-16-4-6-17(7-5-16)25-23(29)26-18-8-10-20(11-9-18)31-14-19-13-22(28)27-21(24-19)12-15(2)30-27/h4-13H,3,14H2,1-2H3,(H2,25,26,29). The Morgan fingerprint density at radius 2 is 1.68 bits per heavy atom. The van der Waals surface area contributed by atoms with E-state index in [-0.39, 0.29) is 11.6 Å². The molecule has 2 amide bonds. The van der Waals surface area contributed by atoms with Crippen LogP contribution in [-0.4, -0.2) is 15.6 Å². The van der Waals surface area contributed by atoms with E-state index in [0.717, 1.165) is 17.0 Å². The van der Waals surface area contributed by atoms with Gasteiger partial charge in [0.25, 0.3) is 5.56 Å². The van der Waals surface area contributed by atoms with Crippen molar-refractivity contribution in [2.24, 2.45) is 0 Å². The van der Waals surface area contributed by atoms with E-state index in [2.05, 4.69) is 22.5 Å². The summed E-state index contributed by atoms with van der Waals surface area (Å²) in [6.45, 7) is 3.87. The number of carbonyl (C=O) groups is 1. The summed E-state index contributed by atoms with van der Waals surface area (Å²) in [5, 5.41) is 5.65. The average molecular weight is 435 g/mol. The van der Waals surface area contributed by atoms with Crippen molar-refractivity contribution in [1.82, 2.24) is 9.56 Å². The Bertz CT molecular complexity index is 1260. The van der Waals surface area contributed by atoms with Gasteiger partial charge in [0.15, 0.2) is 5.65 Å². The molecule has 2 aromatic heterocycles. The third-order valence-corrected chi connectivity index (χ3v) is 5.69. The topological polar surface area (TPSA) is 88.6 Å². The number of nitrogens with one attached hydrogen (secondary N) is 2. The number of nitrogens with zero attached hydrogens (tertiary/aromatic N) is 2. The lowest BCUT2D eigenvalue weighted by atomic mass is 10.1. The van der Waals surface area contributed by atoms with Gasteiger partial charge in [-0.3, -0.25) is 4.79 Å². The van der Waals surface area contributed by atoms with E-state index in [1.807, 2.05) is 48.5 Å². The van der Waals surface area contributed by atoms with Gasteiger partial charge in [-0.05, 0) is 55.3 Å². The number of carbonyl (C=O) groups excluding carboxylic acids is 1. The normalized spacial score (nSPS) is 10.9. The molecule has 0 aliphatic rings. The highest BCUT2D eigenvalue weighted by Gasteiger charge is 2.08. The van der Waals surface area contributed by atoms with E-state index >= 15 is 0 Å². The molecule has 0 atom stereocenters. The number of urea groups is 1. The van der Waals surface area contributed by atoms with Crippen LogP contribution in [0.1, 0.15) is 23.9 Å². The van der Waals surface area contributed by atoms with E-state index in [1.54, 1.807) is 24.8 Å². The lowest BCUT2D eigenvalue weighted by Crippen LogP contribution is -2.19. The summed E-state index contributed by atoms with van der Waals surface area (Å²) in [4.78, 5) is 29.8. The van der Waals surface area contributed by atoms with Crippen LogP contribution < -0.4 is 16.2 Å². The maximum atomic E-state index is 12.2. The van der Waals surface area contributed by atoms with E-state index in [1.165, 1.54) is 16.2 Å². The van der Waals surface area contributed by atoms with Gasteiger partial charge in [-0.25, -0.2) is 9.78 Å². The second kappa shape index (κ2) is 9.09. The smallest absolute Gasteiger partial charge is 0.323 e. The summed E-state index contributed by atoms with van der Waals surface area (Å²) in [6, 6.07) is 18.2. The molecule has 7 nitrogen and oxygen atoms in total. The van der Waals surface area contributed by atoms with E-state index in [0.29, 0.717) is 28.5 Å². The number of thioether (sulfide) groups is 1. The number of rotatable bonds is 6. The first-order chi connectivity index (χ1) is 15.0. The third kappa shape index (κ3) is 5.16. The van der Waals surface area contributed by atoms with Gasteiger partial charge in [-0.15, -0.1) is 16.3 Å². The van der Waals surface area contributed by atoms with Gasteiger partial charge in [-0.1, -0.05) is 19.1 Å². The van der Waals surface area contributed by atoms with Crippen LogP contribution in [0.2, 0.25) is 0 Å². The van der Waals surface area contributed by atoms with Crippen LogP contribution in [-0.2, 0) is 12.2 Å². The largest absolute Gasteiger partial charge is 0.375 e. The Morgan fingerprint density at radius 3 is 2.32 bits per heavy atom. The van der Waals surface area contributed by atoms with Crippen LogP contribution in [0.4, 0.5) is 16.2 Å². The first-order valence-corrected chi connectivity index (χ1v) is 10.9. The highest BCUT2D eigenvalue weighted by Crippen LogP contribution is 2.24. The van der Waals surface area contributed by atoms with Crippen LogP contribution >= 0.6 is 11.8 Å². The zero-order valence-corrected chi connectivity index (χ0v) is 18.0. The molecule has 0 fully saturated rings. The molecule has 2 heterocycles. The third-order valence-electron chi connectivity index (χ3n) is 4.64. The van der Waals surface area contributed by atoms with Gasteiger partial charge < -0.3 is 15.2 Å². The summed E-state index contributed by atoms with van der Waals surface area (Å²) in [5.41, 5.74) is 3.62. The van der Waals surface area contributed by atoms with E-state index in [4.69, 9.17) is 4.52 Å². The molecule has 0 unspecified atom stereocenters. The lowest BCUT2D eigenvalue weighted by Gasteiger charge is -2.09. The minimum atomic E-state index is -0.293. The Balaban J connectivity index is 1.33. The summed E-state index contributed by atoms with van der Waals surface area (Å²) >= 11 is 1.56. The SMILES string of the molecule is CCc1ccc(NC(=O)Nc2ccc(SCc3cc(=O)n4oc(C)cc4n3)cc2)cc1. The maximum Gasteiger partial charge on any atom is 0.323 e. The second-order valence-electron chi connectivity index (χ2n) is 7.03. The highest BCUT2D eigenvalue weighted by molar-refractivity contribution is 7.98. The molecule has 0 aliphatic carbocycles. The molecule has 2 N–H and O–H groups in total. The van der Waals surface area contributed by atoms with Crippen molar-refractivity contribution in [3.05, 3.63) is 88.0 Å². The first-order valence-electron chi connectivity index (χ1n) is 9.89. The highest BCUT2D eigenvalue weighted by atomic mass is 32.2. The fourth-order valence-corrected chi connectivity index (χ4v) is 3.85. The fraction of sp³-hybridized carbons (Fsp3) is 0.174. The molecule has 158 valence electrons. The monoisotopic (exact) mass is 434 g/mol. The number of benzene rings is 2. The van der Waals surface area contributed by atoms with Crippen molar-refractivity contribution in [1.29, 1.82) is 0 Å². The molecule has 0 spiro atoms. The Morgan fingerprint density at radius 1 is 1.03 bits per heavy atom. The lowest BCUT2D eigenvalue weighted by molar-refractivity contribution is 0.262. The van der Waals surface area contributed by atoms with Gasteiger partial charge in [0, 0.05) is 34.2 Å². The summed E-state index contributed by atoms with van der Waals surface area (Å²) in [7, 11) is 0. The molecule has 0 aliphatic heterocycles. The molecule has 2 aromatic carbocycles. The number of aryl methyl sites for hydroxylation is 2. The zero-order valence-electron chi connectivity index (χ0n) is 17.2. The van der Waals surface area contributed by atoms with Crippen LogP contribution in [0.25, 0.3) is 5.65 Å². The first kappa shape index (κ1) is 20.7. The number of hydrogen-bond donors (Lipinski definition) is 2. The zero-order chi connectivity index (χ0) is 21.8. The minimum Gasteiger partial charge on any atom is -0.375 e. The summed E-state index contributed by atoms with van der Waals surface area (Å²) in [5.74, 6) is 1.19. The molecular weight excluding hydrogens is 412 g/mol. The van der Waals surface area contributed by atoms with Crippen molar-refractivity contribution >= 4 is 34.8 Å². The van der Waals surface area contributed by atoms with Gasteiger partial charge in [-0.2, -0.15) is 0 Å². The number of aromatic nitrogens is 2. The van der Waals surface area contributed by atoms with Crippen molar-refractivity contribution < 1.29 is 9.32 Å². The predicted molar refractivity (Wildman–Crippen MR) is 123 cm³/mol. The van der Waals surface area contributed by atoms with E-state index < -0.39 is 0 Å². The van der Waals surface area contributed by atoms with Crippen LogP contribution in [0.5, 0.6) is 0 Å². The van der Waals surface area contributed by atoms with Gasteiger partial charge in [0.1, 0.15) is 5.76 Å². The molecule has 8 heteroatoms. The van der Waals surface area contributed by atoms with Crippen molar-refractivity contribution in [2.45, 2.75) is 30.9 Å². The maximum absolute atomic E-state index is 12.2. The number of hydrogen-bond acceptors (Lipinski definition) is 5. The predicted octanol–water partition coefficient (Wildman–Crippen LogP) is 5.09. The number of fused-ring (bicyclic) bond motifs is 1. The second-order valence-corrected chi connectivity index (χ2v) is 8.08. The quantitative estimate of drug-likeness (QED) is 0.413. The molecule has 4 aromatic rings. The van der Waals surface area contributed by atoms with Crippen LogP contribution in [0.15, 0.2) is 74.9 Å². The molecule has 31 heavy (non-hydrogen) atoms. The molecular formula is C23H22N4O3S. The number of amides is 2. The Labute approximate surface area is 183 Å². The van der Waals surface area contributed by atoms with Crippen LogP contribution in [0.3, 0.4) is 0 Å². The number of anilines is 2. The molecule has 0 saturated carbocycles. The Hall–Kier alpha value is -3.52.